The van der Waals surface area contributed by atoms with E-state index < -0.39 is 9.84 Å². The van der Waals surface area contributed by atoms with Crippen LogP contribution in [-0.2, 0) is 15.6 Å². The molecule has 4 nitrogen and oxygen atoms in total. The number of H-pyrrole nitrogens is 1. The summed E-state index contributed by atoms with van der Waals surface area (Å²) in [6.07, 6.45) is 5.24. The average Bonchev–Trinajstić information content (AvgIpc) is 3.07. The number of anilines is 1. The molecule has 0 bridgehead atoms. The number of benzene rings is 2. The van der Waals surface area contributed by atoms with Crippen LogP contribution in [0.1, 0.15) is 24.8 Å². The monoisotopic (exact) mass is 388 g/mol. The molecule has 1 aromatic heterocycles. The first kappa shape index (κ1) is 17.4. The maximum absolute atomic E-state index is 13.0. The van der Waals surface area contributed by atoms with Gasteiger partial charge in [0, 0.05) is 29.7 Å². The van der Waals surface area contributed by atoms with Gasteiger partial charge in [-0.25, -0.2) is 8.42 Å². The summed E-state index contributed by atoms with van der Waals surface area (Å²) in [5.74, 6) is -0.0611. The van der Waals surface area contributed by atoms with Crippen molar-refractivity contribution >= 4 is 38.0 Å². The first-order valence-corrected chi connectivity index (χ1v) is 10.9. The minimum Gasteiger partial charge on any atom is -0.370 e. The van der Waals surface area contributed by atoms with Gasteiger partial charge in [-0.2, -0.15) is 0 Å². The largest absolute Gasteiger partial charge is 0.370 e. The van der Waals surface area contributed by atoms with E-state index in [1.54, 1.807) is 30.5 Å². The van der Waals surface area contributed by atoms with E-state index in [0.717, 1.165) is 29.7 Å². The summed E-state index contributed by atoms with van der Waals surface area (Å²) < 4.78 is 26.0. The zero-order valence-electron chi connectivity index (χ0n) is 14.4. The SMILES string of the molecule is O=S(=O)(Cc1cccc(Cl)c1)c1c[nH]c2c(N3CCCCC3)cccc12. The number of rotatable bonds is 4. The van der Waals surface area contributed by atoms with Gasteiger partial charge in [-0.1, -0.05) is 35.9 Å². The summed E-state index contributed by atoms with van der Waals surface area (Å²) in [6.45, 7) is 2.03. The molecule has 1 aliphatic heterocycles. The van der Waals surface area contributed by atoms with Crippen molar-refractivity contribution in [1.82, 2.24) is 4.98 Å². The van der Waals surface area contributed by atoms with Crippen molar-refractivity contribution in [1.29, 1.82) is 0 Å². The highest BCUT2D eigenvalue weighted by Gasteiger charge is 2.22. The lowest BCUT2D eigenvalue weighted by Gasteiger charge is -2.29. The summed E-state index contributed by atoms with van der Waals surface area (Å²) in [5, 5.41) is 1.30. The van der Waals surface area contributed by atoms with Crippen LogP contribution in [0.25, 0.3) is 10.9 Å². The maximum atomic E-state index is 13.0. The summed E-state index contributed by atoms with van der Waals surface area (Å²) in [7, 11) is -3.47. The first-order chi connectivity index (χ1) is 12.5. The van der Waals surface area contributed by atoms with Crippen LogP contribution in [0.5, 0.6) is 0 Å². The number of hydrogen-bond donors (Lipinski definition) is 1. The molecule has 4 rings (SSSR count). The minimum absolute atomic E-state index is 0.0611. The van der Waals surface area contributed by atoms with Crippen molar-refractivity contribution in [3.8, 4) is 0 Å². The number of nitrogens with zero attached hydrogens (tertiary/aromatic N) is 1. The van der Waals surface area contributed by atoms with Crippen LogP contribution in [0, 0.1) is 0 Å². The zero-order chi connectivity index (χ0) is 18.1. The number of aromatic amines is 1. The van der Waals surface area contributed by atoms with Gasteiger partial charge in [0.15, 0.2) is 9.84 Å². The van der Waals surface area contributed by atoms with E-state index in [4.69, 9.17) is 11.6 Å². The van der Waals surface area contributed by atoms with Gasteiger partial charge in [-0.15, -0.1) is 0 Å². The van der Waals surface area contributed by atoms with E-state index in [1.165, 1.54) is 19.3 Å². The third-order valence-electron chi connectivity index (χ3n) is 4.93. The van der Waals surface area contributed by atoms with Crippen molar-refractivity contribution in [3.05, 3.63) is 59.2 Å². The Balaban J connectivity index is 1.72. The lowest BCUT2D eigenvalue weighted by Crippen LogP contribution is -2.29. The van der Waals surface area contributed by atoms with E-state index in [2.05, 4.69) is 16.0 Å². The predicted octanol–water partition coefficient (Wildman–Crippen LogP) is 4.79. The number of para-hydroxylation sites is 1. The van der Waals surface area contributed by atoms with Crippen molar-refractivity contribution in [3.63, 3.8) is 0 Å². The molecule has 1 N–H and O–H groups in total. The highest BCUT2D eigenvalue weighted by molar-refractivity contribution is 7.90. The van der Waals surface area contributed by atoms with Crippen LogP contribution in [-0.4, -0.2) is 26.5 Å². The van der Waals surface area contributed by atoms with Gasteiger partial charge in [-0.3, -0.25) is 0 Å². The van der Waals surface area contributed by atoms with Gasteiger partial charge in [0.1, 0.15) is 0 Å². The van der Waals surface area contributed by atoms with Crippen LogP contribution in [0.4, 0.5) is 5.69 Å². The van der Waals surface area contributed by atoms with Gasteiger partial charge >= 0.3 is 0 Å². The number of sulfone groups is 1. The van der Waals surface area contributed by atoms with Gasteiger partial charge in [0.25, 0.3) is 0 Å². The van der Waals surface area contributed by atoms with E-state index in [0.29, 0.717) is 15.5 Å². The van der Waals surface area contributed by atoms with Crippen molar-refractivity contribution in [2.75, 3.05) is 18.0 Å². The molecule has 0 aliphatic carbocycles. The minimum atomic E-state index is -3.47. The third kappa shape index (κ3) is 3.33. The molecule has 136 valence electrons. The van der Waals surface area contributed by atoms with E-state index in [1.807, 2.05) is 12.1 Å². The van der Waals surface area contributed by atoms with Gasteiger partial charge in [0.2, 0.25) is 0 Å². The molecule has 6 heteroatoms. The quantitative estimate of drug-likeness (QED) is 0.699. The molecule has 0 spiro atoms. The number of halogens is 1. The molecule has 0 amide bonds. The Labute approximate surface area is 158 Å². The van der Waals surface area contributed by atoms with E-state index >= 15 is 0 Å². The van der Waals surface area contributed by atoms with Crippen molar-refractivity contribution in [2.45, 2.75) is 29.9 Å². The molecule has 3 aromatic rings. The van der Waals surface area contributed by atoms with Gasteiger partial charge in [0.05, 0.1) is 21.9 Å². The molecule has 1 fully saturated rings. The standard InChI is InChI=1S/C20H21ClN2O2S/c21-16-7-4-6-15(12-16)14-26(24,25)19-13-22-20-17(19)8-5-9-18(20)23-10-2-1-3-11-23/h4-9,12-13,22H,1-3,10-11,14H2. The normalized spacial score (nSPS) is 15.5. The molecule has 0 atom stereocenters. The summed E-state index contributed by atoms with van der Waals surface area (Å²) in [4.78, 5) is 5.91. The van der Waals surface area contributed by atoms with Crippen LogP contribution >= 0.6 is 11.6 Å². The third-order valence-corrected chi connectivity index (χ3v) is 6.89. The van der Waals surface area contributed by atoms with E-state index in [9.17, 15) is 8.42 Å². The summed E-state index contributed by atoms with van der Waals surface area (Å²) in [5.41, 5.74) is 2.68. The van der Waals surface area contributed by atoms with Crippen LogP contribution in [0.2, 0.25) is 5.02 Å². The first-order valence-electron chi connectivity index (χ1n) is 8.87. The molecule has 0 unspecified atom stereocenters. The Kier molecular flexibility index (Phi) is 4.67. The van der Waals surface area contributed by atoms with E-state index in [-0.39, 0.29) is 5.75 Å². The van der Waals surface area contributed by atoms with Crippen LogP contribution in [0.15, 0.2) is 53.6 Å². The second kappa shape index (κ2) is 6.97. The molecular weight excluding hydrogens is 368 g/mol. The Morgan fingerprint density at radius 2 is 1.81 bits per heavy atom. The Hall–Kier alpha value is -1.98. The second-order valence-electron chi connectivity index (χ2n) is 6.79. The predicted molar refractivity (Wildman–Crippen MR) is 107 cm³/mol. The second-order valence-corrected chi connectivity index (χ2v) is 9.18. The topological polar surface area (TPSA) is 53.2 Å². The summed E-state index contributed by atoms with van der Waals surface area (Å²) in [6, 6.07) is 12.9. The molecule has 2 heterocycles. The van der Waals surface area contributed by atoms with Crippen molar-refractivity contribution in [2.24, 2.45) is 0 Å². The molecule has 26 heavy (non-hydrogen) atoms. The van der Waals surface area contributed by atoms with Crippen LogP contribution in [0.3, 0.4) is 0 Å². The smallest absolute Gasteiger partial charge is 0.184 e. The Morgan fingerprint density at radius 1 is 1.04 bits per heavy atom. The van der Waals surface area contributed by atoms with Crippen LogP contribution < -0.4 is 4.90 Å². The number of fused-ring (bicyclic) bond motifs is 1. The van der Waals surface area contributed by atoms with Gasteiger partial charge < -0.3 is 9.88 Å². The number of aromatic nitrogens is 1. The molecule has 2 aromatic carbocycles. The fourth-order valence-electron chi connectivity index (χ4n) is 3.69. The molecule has 1 saturated heterocycles. The van der Waals surface area contributed by atoms with Crippen molar-refractivity contribution < 1.29 is 8.42 Å². The highest BCUT2D eigenvalue weighted by atomic mass is 35.5. The Bertz CT molecular complexity index is 1040. The molecule has 0 radical (unpaired) electrons. The lowest BCUT2D eigenvalue weighted by molar-refractivity contribution is 0.579. The summed E-state index contributed by atoms with van der Waals surface area (Å²) >= 11 is 5.99. The lowest BCUT2D eigenvalue weighted by atomic mass is 10.1. The van der Waals surface area contributed by atoms with Gasteiger partial charge in [-0.05, 0) is 43.0 Å². The Morgan fingerprint density at radius 3 is 2.58 bits per heavy atom. The number of hydrogen-bond acceptors (Lipinski definition) is 3. The molecule has 1 aliphatic rings. The number of piperidine rings is 1. The fraction of sp³-hybridized carbons (Fsp3) is 0.300. The molecule has 0 saturated carbocycles. The maximum Gasteiger partial charge on any atom is 0.184 e. The highest BCUT2D eigenvalue weighted by Crippen LogP contribution is 2.33. The average molecular weight is 389 g/mol. The number of nitrogens with one attached hydrogen (secondary N) is 1. The zero-order valence-corrected chi connectivity index (χ0v) is 16.0. The molecular formula is C20H21ClN2O2S. The fourth-order valence-corrected chi connectivity index (χ4v) is 5.42.